The van der Waals surface area contributed by atoms with Gasteiger partial charge in [-0.2, -0.15) is 0 Å². The molecular weight excluding hydrogens is 266 g/mol. The second-order valence-corrected chi connectivity index (χ2v) is 4.96. The number of carbonyl (C=O) groups is 1. The molecule has 0 saturated carbocycles. The zero-order valence-electron chi connectivity index (χ0n) is 13.2. The second kappa shape index (κ2) is 11.1. The summed E-state index contributed by atoms with van der Waals surface area (Å²) in [6.45, 7) is 6.72. The lowest BCUT2D eigenvalue weighted by Crippen LogP contribution is -2.11. The summed E-state index contributed by atoms with van der Waals surface area (Å²) in [5.74, 6) is -0.297. The molecule has 0 aliphatic rings. The summed E-state index contributed by atoms with van der Waals surface area (Å²) in [6.07, 6.45) is 4.46. The molecule has 0 amide bonds. The summed E-state index contributed by atoms with van der Waals surface area (Å²) in [5.41, 5.74) is 1.60. The standard InChI is InChI=1S/C17H27NO3/c1-3-5-11-18-16-9-7-15(8-10-16)17(19)21-14-13-20-12-6-4-2/h7-10,18H,3-6,11-14H2,1-2H3. The van der Waals surface area contributed by atoms with Crippen LogP contribution < -0.4 is 5.32 Å². The van der Waals surface area contributed by atoms with Crippen LogP contribution in [0.15, 0.2) is 24.3 Å². The quantitative estimate of drug-likeness (QED) is 0.497. The highest BCUT2D eigenvalue weighted by Crippen LogP contribution is 2.10. The van der Waals surface area contributed by atoms with Crippen molar-refractivity contribution in [1.29, 1.82) is 0 Å². The van der Waals surface area contributed by atoms with Crippen LogP contribution in [-0.4, -0.2) is 32.3 Å². The van der Waals surface area contributed by atoms with E-state index in [4.69, 9.17) is 9.47 Å². The van der Waals surface area contributed by atoms with E-state index in [1.165, 1.54) is 0 Å². The maximum Gasteiger partial charge on any atom is 0.338 e. The van der Waals surface area contributed by atoms with Gasteiger partial charge >= 0.3 is 5.97 Å². The Morgan fingerprint density at radius 1 is 1.00 bits per heavy atom. The molecule has 4 nitrogen and oxygen atoms in total. The highest BCUT2D eigenvalue weighted by atomic mass is 16.6. The molecule has 1 rings (SSSR count). The first-order valence-corrected chi connectivity index (χ1v) is 7.86. The zero-order valence-corrected chi connectivity index (χ0v) is 13.2. The van der Waals surface area contributed by atoms with Gasteiger partial charge in [-0.3, -0.25) is 0 Å². The highest BCUT2D eigenvalue weighted by molar-refractivity contribution is 5.89. The molecule has 1 aromatic rings. The Morgan fingerprint density at radius 2 is 1.71 bits per heavy atom. The monoisotopic (exact) mass is 293 g/mol. The fraction of sp³-hybridized carbons (Fsp3) is 0.588. The topological polar surface area (TPSA) is 47.6 Å². The number of anilines is 1. The van der Waals surface area contributed by atoms with Gasteiger partial charge in [-0.05, 0) is 37.1 Å². The first kappa shape index (κ1) is 17.5. The number of esters is 1. The van der Waals surface area contributed by atoms with Crippen LogP contribution in [-0.2, 0) is 9.47 Å². The van der Waals surface area contributed by atoms with E-state index in [2.05, 4.69) is 19.2 Å². The van der Waals surface area contributed by atoms with Gasteiger partial charge < -0.3 is 14.8 Å². The molecule has 118 valence electrons. The maximum atomic E-state index is 11.8. The van der Waals surface area contributed by atoms with Gasteiger partial charge in [-0.25, -0.2) is 4.79 Å². The Kier molecular flexibility index (Phi) is 9.29. The third-order valence-corrected chi connectivity index (χ3v) is 3.08. The van der Waals surface area contributed by atoms with E-state index in [9.17, 15) is 4.79 Å². The molecular formula is C17H27NO3. The van der Waals surface area contributed by atoms with E-state index in [0.717, 1.165) is 44.5 Å². The van der Waals surface area contributed by atoms with E-state index in [-0.39, 0.29) is 5.97 Å². The molecule has 0 aliphatic heterocycles. The number of nitrogens with one attached hydrogen (secondary N) is 1. The maximum absolute atomic E-state index is 11.8. The Balaban J connectivity index is 2.24. The summed E-state index contributed by atoms with van der Waals surface area (Å²) < 4.78 is 10.5. The molecule has 0 saturated heterocycles. The number of rotatable bonds is 11. The van der Waals surface area contributed by atoms with Crippen LogP contribution in [0, 0.1) is 0 Å². The van der Waals surface area contributed by atoms with E-state index in [1.807, 2.05) is 12.1 Å². The minimum absolute atomic E-state index is 0.297. The lowest BCUT2D eigenvalue weighted by Gasteiger charge is -2.08. The van der Waals surface area contributed by atoms with Crippen molar-refractivity contribution >= 4 is 11.7 Å². The minimum Gasteiger partial charge on any atom is -0.460 e. The highest BCUT2D eigenvalue weighted by Gasteiger charge is 2.06. The van der Waals surface area contributed by atoms with Crippen molar-refractivity contribution in [1.82, 2.24) is 0 Å². The molecule has 4 heteroatoms. The van der Waals surface area contributed by atoms with Gasteiger partial charge in [0.25, 0.3) is 0 Å². The van der Waals surface area contributed by atoms with Gasteiger partial charge in [0.2, 0.25) is 0 Å². The molecule has 0 radical (unpaired) electrons. The van der Waals surface area contributed by atoms with E-state index < -0.39 is 0 Å². The van der Waals surface area contributed by atoms with Crippen LogP contribution in [0.25, 0.3) is 0 Å². The van der Waals surface area contributed by atoms with Crippen LogP contribution in [0.1, 0.15) is 49.9 Å². The van der Waals surface area contributed by atoms with Crippen LogP contribution in [0.2, 0.25) is 0 Å². The normalized spacial score (nSPS) is 10.4. The SMILES string of the molecule is CCCCNc1ccc(C(=O)OCCOCCCC)cc1. The molecule has 1 aromatic carbocycles. The van der Waals surface area contributed by atoms with Crippen LogP contribution in [0.3, 0.4) is 0 Å². The van der Waals surface area contributed by atoms with Crippen molar-refractivity contribution in [3.8, 4) is 0 Å². The number of hydrogen-bond acceptors (Lipinski definition) is 4. The molecule has 0 spiro atoms. The molecule has 21 heavy (non-hydrogen) atoms. The Bertz CT molecular complexity index is 390. The third-order valence-electron chi connectivity index (χ3n) is 3.08. The van der Waals surface area contributed by atoms with Gasteiger partial charge in [0.15, 0.2) is 0 Å². The molecule has 0 aromatic heterocycles. The lowest BCUT2D eigenvalue weighted by molar-refractivity contribution is 0.0314. The Hall–Kier alpha value is -1.55. The van der Waals surface area contributed by atoms with Crippen molar-refractivity contribution in [2.24, 2.45) is 0 Å². The number of carbonyl (C=O) groups excluding carboxylic acids is 1. The van der Waals surface area contributed by atoms with E-state index in [1.54, 1.807) is 12.1 Å². The summed E-state index contributed by atoms with van der Waals surface area (Å²) in [6, 6.07) is 7.39. The van der Waals surface area contributed by atoms with Crippen LogP contribution in [0.5, 0.6) is 0 Å². The lowest BCUT2D eigenvalue weighted by atomic mass is 10.2. The minimum atomic E-state index is -0.297. The largest absolute Gasteiger partial charge is 0.460 e. The van der Waals surface area contributed by atoms with Crippen LogP contribution >= 0.6 is 0 Å². The predicted molar refractivity (Wildman–Crippen MR) is 85.8 cm³/mol. The van der Waals surface area contributed by atoms with Crippen molar-refractivity contribution in [3.05, 3.63) is 29.8 Å². The number of hydrogen-bond donors (Lipinski definition) is 1. The predicted octanol–water partition coefficient (Wildman–Crippen LogP) is 3.87. The summed E-state index contributed by atoms with van der Waals surface area (Å²) >= 11 is 0. The first-order valence-electron chi connectivity index (χ1n) is 7.86. The number of unbranched alkanes of at least 4 members (excludes halogenated alkanes) is 2. The van der Waals surface area contributed by atoms with E-state index in [0.29, 0.717) is 18.8 Å². The van der Waals surface area contributed by atoms with Gasteiger partial charge in [0.1, 0.15) is 6.61 Å². The number of ether oxygens (including phenoxy) is 2. The molecule has 1 N–H and O–H groups in total. The second-order valence-electron chi connectivity index (χ2n) is 4.96. The number of benzene rings is 1. The fourth-order valence-electron chi connectivity index (χ4n) is 1.76. The summed E-state index contributed by atoms with van der Waals surface area (Å²) in [7, 11) is 0. The molecule has 0 heterocycles. The smallest absolute Gasteiger partial charge is 0.338 e. The molecule has 0 unspecified atom stereocenters. The van der Waals surface area contributed by atoms with Gasteiger partial charge in [0.05, 0.1) is 12.2 Å². The Labute approximate surface area is 127 Å². The van der Waals surface area contributed by atoms with Crippen molar-refractivity contribution in [2.75, 3.05) is 31.7 Å². The molecule has 0 bridgehead atoms. The summed E-state index contributed by atoms with van der Waals surface area (Å²) in [5, 5.41) is 3.31. The Morgan fingerprint density at radius 3 is 2.38 bits per heavy atom. The van der Waals surface area contributed by atoms with Gasteiger partial charge in [0, 0.05) is 18.8 Å². The van der Waals surface area contributed by atoms with Crippen molar-refractivity contribution in [2.45, 2.75) is 39.5 Å². The van der Waals surface area contributed by atoms with Crippen molar-refractivity contribution in [3.63, 3.8) is 0 Å². The van der Waals surface area contributed by atoms with Crippen molar-refractivity contribution < 1.29 is 14.3 Å². The fourth-order valence-corrected chi connectivity index (χ4v) is 1.76. The summed E-state index contributed by atoms with van der Waals surface area (Å²) in [4.78, 5) is 11.8. The molecule has 0 aliphatic carbocycles. The third kappa shape index (κ3) is 7.71. The van der Waals surface area contributed by atoms with E-state index >= 15 is 0 Å². The average Bonchev–Trinajstić information content (AvgIpc) is 2.51. The van der Waals surface area contributed by atoms with Gasteiger partial charge in [-0.1, -0.05) is 26.7 Å². The first-order chi connectivity index (χ1) is 10.3. The van der Waals surface area contributed by atoms with Crippen LogP contribution in [0.4, 0.5) is 5.69 Å². The molecule has 0 fully saturated rings. The zero-order chi connectivity index (χ0) is 15.3. The average molecular weight is 293 g/mol. The van der Waals surface area contributed by atoms with Gasteiger partial charge in [-0.15, -0.1) is 0 Å². The molecule has 0 atom stereocenters.